The minimum atomic E-state index is -0.262. The van der Waals surface area contributed by atoms with E-state index in [1.165, 1.54) is 12.1 Å². The lowest BCUT2D eigenvalue weighted by Crippen LogP contribution is -2.16. The van der Waals surface area contributed by atoms with Crippen molar-refractivity contribution < 1.29 is 4.39 Å². The fourth-order valence-electron chi connectivity index (χ4n) is 2.39. The first-order chi connectivity index (χ1) is 8.95. The van der Waals surface area contributed by atoms with Gasteiger partial charge in [0.2, 0.25) is 0 Å². The zero-order chi connectivity index (χ0) is 14.2. The molecule has 0 saturated carbocycles. The minimum absolute atomic E-state index is 0.193. The van der Waals surface area contributed by atoms with Crippen molar-refractivity contribution in [2.24, 2.45) is 5.92 Å². The van der Waals surface area contributed by atoms with Crippen molar-refractivity contribution in [3.05, 3.63) is 29.8 Å². The summed E-state index contributed by atoms with van der Waals surface area (Å²) in [4.78, 5) is 4.50. The van der Waals surface area contributed by atoms with Gasteiger partial charge in [0.25, 0.3) is 0 Å². The van der Waals surface area contributed by atoms with Crippen molar-refractivity contribution in [3.63, 3.8) is 0 Å². The molecule has 104 valence electrons. The third-order valence-corrected chi connectivity index (χ3v) is 4.10. The second-order valence-electron chi connectivity index (χ2n) is 5.22. The number of benzene rings is 1. The molecule has 0 spiro atoms. The molecule has 1 aromatic heterocycles. The molecule has 0 bridgehead atoms. The first-order valence-corrected chi connectivity index (χ1v) is 7.20. The van der Waals surface area contributed by atoms with Crippen LogP contribution in [0.15, 0.2) is 18.2 Å². The quantitative estimate of drug-likeness (QED) is 0.715. The number of nitrogens with zero attached hydrogens (tertiary/aromatic N) is 2. The number of aromatic nitrogens is 2. The lowest BCUT2D eigenvalue weighted by Gasteiger charge is -2.23. The van der Waals surface area contributed by atoms with Crippen molar-refractivity contribution in [2.45, 2.75) is 45.5 Å². The second kappa shape index (κ2) is 5.49. The molecule has 2 rings (SSSR count). The molecule has 2 nitrogen and oxygen atoms in total. The highest BCUT2D eigenvalue weighted by atomic mass is 35.5. The van der Waals surface area contributed by atoms with Gasteiger partial charge in [0.05, 0.1) is 16.4 Å². The molecule has 1 heterocycles. The topological polar surface area (TPSA) is 17.8 Å². The molecule has 3 unspecified atom stereocenters. The van der Waals surface area contributed by atoms with Gasteiger partial charge in [-0.25, -0.2) is 9.37 Å². The van der Waals surface area contributed by atoms with Gasteiger partial charge in [0.1, 0.15) is 11.6 Å². The van der Waals surface area contributed by atoms with Crippen LogP contribution in [0.1, 0.15) is 51.4 Å². The summed E-state index contributed by atoms with van der Waals surface area (Å²) in [5, 5.41) is -0.193. The van der Waals surface area contributed by atoms with Gasteiger partial charge in [-0.2, -0.15) is 0 Å². The maximum absolute atomic E-state index is 13.3. The first kappa shape index (κ1) is 14.3. The molecule has 0 fully saturated rings. The molecule has 3 atom stereocenters. The number of alkyl halides is 1. The largest absolute Gasteiger partial charge is 0.324 e. The van der Waals surface area contributed by atoms with E-state index in [-0.39, 0.29) is 17.2 Å². The SMILES string of the molecule is CCC(C)C(C)n1c(C(C)Cl)nc2cc(F)ccc21. The molecule has 2 aromatic rings. The number of halogens is 2. The zero-order valence-corrected chi connectivity index (χ0v) is 12.6. The molecule has 1 aromatic carbocycles. The Morgan fingerprint density at radius 3 is 2.58 bits per heavy atom. The summed E-state index contributed by atoms with van der Waals surface area (Å²) in [6.07, 6.45) is 1.08. The molecule has 0 radical (unpaired) electrons. The normalized spacial score (nSPS) is 16.5. The van der Waals surface area contributed by atoms with Gasteiger partial charge in [-0.3, -0.25) is 0 Å². The minimum Gasteiger partial charge on any atom is -0.324 e. The summed E-state index contributed by atoms with van der Waals surface area (Å²) in [6, 6.07) is 5.03. The molecule has 4 heteroatoms. The van der Waals surface area contributed by atoms with E-state index in [0.29, 0.717) is 11.4 Å². The third-order valence-electron chi connectivity index (χ3n) is 3.91. The molecule has 0 aliphatic heterocycles. The number of hydrogen-bond acceptors (Lipinski definition) is 1. The van der Waals surface area contributed by atoms with Gasteiger partial charge in [-0.1, -0.05) is 20.3 Å². The van der Waals surface area contributed by atoms with E-state index < -0.39 is 0 Å². The summed E-state index contributed by atoms with van der Waals surface area (Å²) in [6.45, 7) is 8.45. The third kappa shape index (κ3) is 2.62. The lowest BCUT2D eigenvalue weighted by atomic mass is 10.0. The van der Waals surface area contributed by atoms with E-state index in [1.807, 2.05) is 6.92 Å². The fraction of sp³-hybridized carbons (Fsp3) is 0.533. The molecule has 0 N–H and O–H groups in total. The van der Waals surface area contributed by atoms with Gasteiger partial charge in [-0.05, 0) is 31.9 Å². The van der Waals surface area contributed by atoms with Crippen molar-refractivity contribution in [1.29, 1.82) is 0 Å². The van der Waals surface area contributed by atoms with Crippen LogP contribution >= 0.6 is 11.6 Å². The average Bonchev–Trinajstić information content (AvgIpc) is 2.75. The number of rotatable bonds is 4. The van der Waals surface area contributed by atoms with Crippen LogP contribution in [0, 0.1) is 11.7 Å². The average molecular weight is 283 g/mol. The van der Waals surface area contributed by atoms with Crippen molar-refractivity contribution in [2.75, 3.05) is 0 Å². The van der Waals surface area contributed by atoms with Gasteiger partial charge >= 0.3 is 0 Å². The van der Waals surface area contributed by atoms with Crippen LogP contribution in [-0.2, 0) is 0 Å². The predicted octanol–water partition coefficient (Wildman–Crippen LogP) is 5.08. The Balaban J connectivity index is 2.65. The Kier molecular flexibility index (Phi) is 4.14. The first-order valence-electron chi connectivity index (χ1n) is 6.77. The highest BCUT2D eigenvalue weighted by molar-refractivity contribution is 6.20. The second-order valence-corrected chi connectivity index (χ2v) is 5.87. The van der Waals surface area contributed by atoms with Crippen LogP contribution in [0.2, 0.25) is 0 Å². The fourth-order valence-corrected chi connectivity index (χ4v) is 2.55. The van der Waals surface area contributed by atoms with Gasteiger partial charge in [0, 0.05) is 12.1 Å². The van der Waals surface area contributed by atoms with E-state index in [2.05, 4.69) is 30.3 Å². The molecule has 0 amide bonds. The Morgan fingerprint density at radius 1 is 1.32 bits per heavy atom. The molecule has 0 aliphatic carbocycles. The monoisotopic (exact) mass is 282 g/mol. The standard InChI is InChI=1S/C15H20ClFN2/c1-5-9(2)11(4)19-14-7-6-12(17)8-13(14)18-15(19)10(3)16/h6-11H,5H2,1-4H3. The highest BCUT2D eigenvalue weighted by Crippen LogP contribution is 2.32. The van der Waals surface area contributed by atoms with Crippen LogP contribution in [0.5, 0.6) is 0 Å². The molecule has 19 heavy (non-hydrogen) atoms. The van der Waals surface area contributed by atoms with E-state index in [4.69, 9.17) is 11.6 Å². The molecular formula is C15H20ClFN2. The number of hydrogen-bond donors (Lipinski definition) is 0. The van der Waals surface area contributed by atoms with Crippen LogP contribution in [0.4, 0.5) is 4.39 Å². The van der Waals surface area contributed by atoms with Gasteiger partial charge in [-0.15, -0.1) is 11.6 Å². The summed E-state index contributed by atoms with van der Waals surface area (Å²) in [5.74, 6) is 1.06. The van der Waals surface area contributed by atoms with Crippen LogP contribution in [-0.4, -0.2) is 9.55 Å². The van der Waals surface area contributed by atoms with Crippen molar-refractivity contribution in [3.8, 4) is 0 Å². The smallest absolute Gasteiger partial charge is 0.127 e. The van der Waals surface area contributed by atoms with Crippen LogP contribution < -0.4 is 0 Å². The Bertz CT molecular complexity index is 577. The van der Waals surface area contributed by atoms with Crippen molar-refractivity contribution in [1.82, 2.24) is 9.55 Å². The number of imidazole rings is 1. The Hall–Kier alpha value is -1.09. The zero-order valence-electron chi connectivity index (χ0n) is 11.8. The molecular weight excluding hydrogens is 263 g/mol. The lowest BCUT2D eigenvalue weighted by molar-refractivity contribution is 0.369. The maximum atomic E-state index is 13.3. The Labute approximate surface area is 118 Å². The molecule has 0 saturated heterocycles. The summed E-state index contributed by atoms with van der Waals surface area (Å²) < 4.78 is 15.5. The van der Waals surface area contributed by atoms with E-state index in [1.54, 1.807) is 6.07 Å². The maximum Gasteiger partial charge on any atom is 0.127 e. The summed E-state index contributed by atoms with van der Waals surface area (Å²) in [5.41, 5.74) is 1.63. The highest BCUT2D eigenvalue weighted by Gasteiger charge is 2.22. The number of fused-ring (bicyclic) bond motifs is 1. The Morgan fingerprint density at radius 2 is 2.00 bits per heavy atom. The van der Waals surface area contributed by atoms with E-state index in [0.717, 1.165) is 17.8 Å². The van der Waals surface area contributed by atoms with Gasteiger partial charge < -0.3 is 4.57 Å². The van der Waals surface area contributed by atoms with E-state index >= 15 is 0 Å². The van der Waals surface area contributed by atoms with Crippen LogP contribution in [0.3, 0.4) is 0 Å². The van der Waals surface area contributed by atoms with Gasteiger partial charge in [0.15, 0.2) is 0 Å². The van der Waals surface area contributed by atoms with Crippen molar-refractivity contribution >= 4 is 22.6 Å². The predicted molar refractivity (Wildman–Crippen MR) is 78.1 cm³/mol. The molecule has 0 aliphatic rings. The summed E-state index contributed by atoms with van der Waals surface area (Å²) >= 11 is 6.23. The van der Waals surface area contributed by atoms with Crippen LogP contribution in [0.25, 0.3) is 11.0 Å². The van der Waals surface area contributed by atoms with E-state index in [9.17, 15) is 4.39 Å². The summed E-state index contributed by atoms with van der Waals surface area (Å²) in [7, 11) is 0.